The van der Waals surface area contributed by atoms with Gasteiger partial charge in [0, 0.05) is 43.1 Å². The zero-order valence-corrected chi connectivity index (χ0v) is 14.7. The summed E-state index contributed by atoms with van der Waals surface area (Å²) >= 11 is 0. The lowest BCUT2D eigenvalue weighted by Crippen LogP contribution is -2.26. The van der Waals surface area contributed by atoms with Crippen molar-refractivity contribution in [3.63, 3.8) is 0 Å². The second-order valence-electron chi connectivity index (χ2n) is 5.54. The maximum atomic E-state index is 12.3. The molecule has 2 aromatic carbocycles. The van der Waals surface area contributed by atoms with Crippen LogP contribution in [-0.2, 0) is 9.53 Å². The minimum absolute atomic E-state index is 0.187. The summed E-state index contributed by atoms with van der Waals surface area (Å²) in [4.78, 5) is 35.3. The van der Waals surface area contributed by atoms with Crippen LogP contribution in [0.4, 0.5) is 11.4 Å². The fourth-order valence-corrected chi connectivity index (χ4v) is 2.22. The highest BCUT2D eigenvalue weighted by atomic mass is 16.5. The van der Waals surface area contributed by atoms with Gasteiger partial charge >= 0.3 is 0 Å². The summed E-state index contributed by atoms with van der Waals surface area (Å²) in [6.07, 6.45) is 0. The van der Waals surface area contributed by atoms with Crippen molar-refractivity contribution in [2.45, 2.75) is 6.92 Å². The predicted octanol–water partition coefficient (Wildman–Crippen LogP) is 2.27. The molecule has 0 unspecified atom stereocenters. The molecule has 0 bridgehead atoms. The number of amides is 3. The molecule has 3 amide bonds. The number of carbonyl (C=O) groups excluding carboxylic acids is 3. The van der Waals surface area contributed by atoms with Gasteiger partial charge in [-0.1, -0.05) is 6.07 Å². The number of hydrogen-bond acceptors (Lipinski definition) is 4. The number of methoxy groups -OCH3 is 1. The van der Waals surface area contributed by atoms with Crippen LogP contribution < -0.4 is 16.0 Å². The molecule has 3 N–H and O–H groups in total. The monoisotopic (exact) mass is 355 g/mol. The zero-order valence-electron chi connectivity index (χ0n) is 14.7. The lowest BCUT2D eigenvalue weighted by Gasteiger charge is -2.09. The van der Waals surface area contributed by atoms with E-state index < -0.39 is 0 Å². The minimum Gasteiger partial charge on any atom is -0.383 e. The average Bonchev–Trinajstić information content (AvgIpc) is 2.61. The molecule has 0 fully saturated rings. The van der Waals surface area contributed by atoms with Gasteiger partial charge < -0.3 is 20.7 Å². The van der Waals surface area contributed by atoms with Crippen molar-refractivity contribution in [3.8, 4) is 0 Å². The number of rotatable bonds is 7. The first-order valence-electron chi connectivity index (χ1n) is 8.06. The molecule has 0 aromatic heterocycles. The fraction of sp³-hybridized carbons (Fsp3) is 0.211. The van der Waals surface area contributed by atoms with Crippen molar-refractivity contribution in [1.82, 2.24) is 5.32 Å². The third-order valence-electron chi connectivity index (χ3n) is 3.44. The zero-order chi connectivity index (χ0) is 18.9. The Morgan fingerprint density at radius 3 is 2.04 bits per heavy atom. The first kappa shape index (κ1) is 19.1. The molecule has 0 radical (unpaired) electrons. The molecule has 2 rings (SSSR count). The van der Waals surface area contributed by atoms with Crippen LogP contribution in [0.1, 0.15) is 27.6 Å². The van der Waals surface area contributed by atoms with Crippen LogP contribution >= 0.6 is 0 Å². The van der Waals surface area contributed by atoms with Crippen LogP contribution in [0, 0.1) is 0 Å². The molecule has 0 aliphatic carbocycles. The second-order valence-corrected chi connectivity index (χ2v) is 5.54. The quantitative estimate of drug-likeness (QED) is 0.664. The van der Waals surface area contributed by atoms with Gasteiger partial charge in [-0.25, -0.2) is 0 Å². The van der Waals surface area contributed by atoms with Crippen LogP contribution in [-0.4, -0.2) is 38.0 Å². The standard InChI is InChI=1S/C19H21N3O4/c1-13(23)21-16-4-3-5-17(12-16)22-19(25)15-8-6-14(7-9-15)18(24)20-10-11-26-2/h3-9,12H,10-11H2,1-2H3,(H,20,24)(H,21,23)(H,22,25). The third-order valence-corrected chi connectivity index (χ3v) is 3.44. The van der Waals surface area contributed by atoms with Gasteiger partial charge in [-0.05, 0) is 42.5 Å². The van der Waals surface area contributed by atoms with Gasteiger partial charge in [-0.15, -0.1) is 0 Å². The number of hydrogen-bond donors (Lipinski definition) is 3. The van der Waals surface area contributed by atoms with E-state index in [0.29, 0.717) is 35.7 Å². The summed E-state index contributed by atoms with van der Waals surface area (Å²) in [6.45, 7) is 2.27. The first-order chi connectivity index (χ1) is 12.5. The number of anilines is 2. The molecule has 7 nitrogen and oxygen atoms in total. The van der Waals surface area contributed by atoms with Gasteiger partial charge in [0.05, 0.1) is 6.61 Å². The molecule has 0 aliphatic rings. The highest BCUT2D eigenvalue weighted by molar-refractivity contribution is 6.05. The highest BCUT2D eigenvalue weighted by Gasteiger charge is 2.09. The molecule has 0 spiro atoms. The van der Waals surface area contributed by atoms with E-state index in [0.717, 1.165) is 0 Å². The Bertz CT molecular complexity index is 788. The SMILES string of the molecule is COCCNC(=O)c1ccc(C(=O)Nc2cccc(NC(C)=O)c2)cc1. The summed E-state index contributed by atoms with van der Waals surface area (Å²) in [5, 5.41) is 8.12. The Balaban J connectivity index is 1.99. The summed E-state index contributed by atoms with van der Waals surface area (Å²) in [6, 6.07) is 13.2. The predicted molar refractivity (Wildman–Crippen MR) is 99.4 cm³/mol. The molecule has 2 aromatic rings. The molecular formula is C19H21N3O4. The molecule has 26 heavy (non-hydrogen) atoms. The maximum Gasteiger partial charge on any atom is 0.255 e. The fourth-order valence-electron chi connectivity index (χ4n) is 2.22. The maximum absolute atomic E-state index is 12.3. The highest BCUT2D eigenvalue weighted by Crippen LogP contribution is 2.16. The first-order valence-corrected chi connectivity index (χ1v) is 8.06. The van der Waals surface area contributed by atoms with Gasteiger partial charge in [0.15, 0.2) is 0 Å². The van der Waals surface area contributed by atoms with Gasteiger partial charge in [0.2, 0.25) is 5.91 Å². The molecule has 0 aliphatic heterocycles. The summed E-state index contributed by atoms with van der Waals surface area (Å²) in [5.74, 6) is -0.721. The van der Waals surface area contributed by atoms with E-state index in [2.05, 4.69) is 16.0 Å². The number of nitrogens with one attached hydrogen (secondary N) is 3. The Kier molecular flexibility index (Phi) is 6.87. The molecule has 0 saturated carbocycles. The van der Waals surface area contributed by atoms with Crippen molar-refractivity contribution in [1.29, 1.82) is 0 Å². The van der Waals surface area contributed by atoms with Gasteiger partial charge in [0.25, 0.3) is 11.8 Å². The Hall–Kier alpha value is -3.19. The number of carbonyl (C=O) groups is 3. The van der Waals surface area contributed by atoms with Crippen LogP contribution in [0.15, 0.2) is 48.5 Å². The normalized spacial score (nSPS) is 10.1. The molecule has 0 heterocycles. The lowest BCUT2D eigenvalue weighted by molar-refractivity contribution is -0.114. The van der Waals surface area contributed by atoms with E-state index in [9.17, 15) is 14.4 Å². The van der Waals surface area contributed by atoms with E-state index >= 15 is 0 Å². The van der Waals surface area contributed by atoms with Crippen LogP contribution in [0.5, 0.6) is 0 Å². The van der Waals surface area contributed by atoms with E-state index in [1.54, 1.807) is 55.6 Å². The molecule has 136 valence electrons. The topological polar surface area (TPSA) is 96.5 Å². The summed E-state index contributed by atoms with van der Waals surface area (Å²) < 4.78 is 4.87. The molecule has 7 heteroatoms. The van der Waals surface area contributed by atoms with Crippen LogP contribution in [0.3, 0.4) is 0 Å². The van der Waals surface area contributed by atoms with E-state index in [-0.39, 0.29) is 17.7 Å². The van der Waals surface area contributed by atoms with Gasteiger partial charge in [-0.3, -0.25) is 14.4 Å². The Morgan fingerprint density at radius 1 is 0.885 bits per heavy atom. The van der Waals surface area contributed by atoms with Crippen LogP contribution in [0.25, 0.3) is 0 Å². The van der Waals surface area contributed by atoms with E-state index in [1.807, 2.05) is 0 Å². The van der Waals surface area contributed by atoms with E-state index in [4.69, 9.17) is 4.74 Å². The van der Waals surface area contributed by atoms with Gasteiger partial charge in [-0.2, -0.15) is 0 Å². The van der Waals surface area contributed by atoms with E-state index in [1.165, 1.54) is 6.92 Å². The van der Waals surface area contributed by atoms with Crippen molar-refractivity contribution < 1.29 is 19.1 Å². The smallest absolute Gasteiger partial charge is 0.255 e. The number of benzene rings is 2. The summed E-state index contributed by atoms with van der Waals surface area (Å²) in [7, 11) is 1.56. The number of ether oxygens (including phenoxy) is 1. The summed E-state index contributed by atoms with van der Waals surface area (Å²) in [5.41, 5.74) is 2.04. The third kappa shape index (κ3) is 5.71. The van der Waals surface area contributed by atoms with Crippen molar-refractivity contribution in [2.75, 3.05) is 30.9 Å². The molecule has 0 saturated heterocycles. The average molecular weight is 355 g/mol. The minimum atomic E-state index is -0.309. The molecule has 0 atom stereocenters. The second kappa shape index (κ2) is 9.33. The largest absolute Gasteiger partial charge is 0.383 e. The lowest BCUT2D eigenvalue weighted by atomic mass is 10.1. The van der Waals surface area contributed by atoms with Crippen molar-refractivity contribution in [3.05, 3.63) is 59.7 Å². The Labute approximate surface area is 151 Å². The van der Waals surface area contributed by atoms with Crippen molar-refractivity contribution >= 4 is 29.1 Å². The van der Waals surface area contributed by atoms with Crippen LogP contribution in [0.2, 0.25) is 0 Å². The van der Waals surface area contributed by atoms with Crippen molar-refractivity contribution in [2.24, 2.45) is 0 Å². The molecular weight excluding hydrogens is 334 g/mol. The van der Waals surface area contributed by atoms with Gasteiger partial charge in [0.1, 0.15) is 0 Å². The Morgan fingerprint density at radius 2 is 1.46 bits per heavy atom.